The number of nitrogens with one attached hydrogen (secondary N) is 1. The number of nitro groups is 1. The van der Waals surface area contributed by atoms with Crippen LogP contribution in [0.2, 0.25) is 0 Å². The average Bonchev–Trinajstić information content (AvgIpc) is 2.48. The predicted molar refractivity (Wildman–Crippen MR) is 76.1 cm³/mol. The molecule has 1 aromatic carbocycles. The maximum atomic E-state index is 10.6. The zero-order valence-corrected chi connectivity index (χ0v) is 11.2. The Morgan fingerprint density at radius 1 is 1.25 bits per heavy atom. The minimum Gasteiger partial charge on any atom is -0.311 e. The van der Waals surface area contributed by atoms with Crippen LogP contribution in [0.1, 0.15) is 19.0 Å². The first-order valence-corrected chi connectivity index (χ1v) is 6.48. The highest BCUT2D eigenvalue weighted by molar-refractivity contribution is 5.57. The van der Waals surface area contributed by atoms with E-state index in [1.807, 2.05) is 6.07 Å². The van der Waals surface area contributed by atoms with E-state index in [1.54, 1.807) is 18.3 Å². The Hall–Kier alpha value is -2.34. The molecule has 0 aliphatic heterocycles. The van der Waals surface area contributed by atoms with Crippen LogP contribution in [0.25, 0.3) is 11.4 Å². The number of rotatable bonds is 6. The zero-order chi connectivity index (χ0) is 14.4. The van der Waals surface area contributed by atoms with E-state index < -0.39 is 4.92 Å². The Balaban J connectivity index is 2.15. The predicted octanol–water partition coefficient (Wildman–Crippen LogP) is 2.55. The maximum Gasteiger partial charge on any atom is 0.269 e. The van der Waals surface area contributed by atoms with E-state index in [-0.39, 0.29) is 5.69 Å². The van der Waals surface area contributed by atoms with E-state index in [1.165, 1.54) is 12.1 Å². The molecule has 0 saturated carbocycles. The second kappa shape index (κ2) is 6.72. The summed E-state index contributed by atoms with van der Waals surface area (Å²) in [7, 11) is 0. The van der Waals surface area contributed by atoms with E-state index in [0.717, 1.165) is 24.2 Å². The van der Waals surface area contributed by atoms with Gasteiger partial charge >= 0.3 is 0 Å². The van der Waals surface area contributed by atoms with E-state index >= 15 is 0 Å². The monoisotopic (exact) mass is 272 g/mol. The van der Waals surface area contributed by atoms with Crippen LogP contribution in [-0.4, -0.2) is 21.4 Å². The molecule has 0 saturated heterocycles. The average molecular weight is 272 g/mol. The largest absolute Gasteiger partial charge is 0.311 e. The number of nitrogens with zero attached hydrogens (tertiary/aromatic N) is 3. The number of non-ortho nitro benzene ring substituents is 1. The Morgan fingerprint density at radius 2 is 2.00 bits per heavy atom. The number of hydrogen-bond acceptors (Lipinski definition) is 5. The van der Waals surface area contributed by atoms with Gasteiger partial charge in [-0.15, -0.1) is 0 Å². The van der Waals surface area contributed by atoms with Crippen LogP contribution in [-0.2, 0) is 6.54 Å². The third-order valence-electron chi connectivity index (χ3n) is 2.78. The quantitative estimate of drug-likeness (QED) is 0.496. The van der Waals surface area contributed by atoms with Crippen molar-refractivity contribution >= 4 is 5.69 Å². The first kappa shape index (κ1) is 14.1. The summed E-state index contributed by atoms with van der Waals surface area (Å²) in [5.41, 5.74) is 1.74. The van der Waals surface area contributed by atoms with Crippen LogP contribution in [0, 0.1) is 10.1 Å². The summed E-state index contributed by atoms with van der Waals surface area (Å²) in [6.07, 6.45) is 2.77. The lowest BCUT2D eigenvalue weighted by molar-refractivity contribution is -0.384. The molecule has 0 aliphatic rings. The van der Waals surface area contributed by atoms with E-state index in [0.29, 0.717) is 12.4 Å². The molecule has 0 unspecified atom stereocenters. The van der Waals surface area contributed by atoms with Gasteiger partial charge in [0, 0.05) is 30.4 Å². The van der Waals surface area contributed by atoms with Crippen molar-refractivity contribution in [1.29, 1.82) is 0 Å². The normalized spacial score (nSPS) is 10.4. The van der Waals surface area contributed by atoms with Crippen molar-refractivity contribution in [3.05, 3.63) is 52.3 Å². The zero-order valence-electron chi connectivity index (χ0n) is 11.2. The van der Waals surface area contributed by atoms with E-state index in [9.17, 15) is 10.1 Å². The number of nitro benzene ring substituents is 1. The van der Waals surface area contributed by atoms with Gasteiger partial charge in [0.05, 0.1) is 10.6 Å². The first-order valence-electron chi connectivity index (χ1n) is 6.48. The lowest BCUT2D eigenvalue weighted by atomic mass is 10.2. The van der Waals surface area contributed by atoms with Crippen LogP contribution in [0.4, 0.5) is 5.69 Å². The molecule has 0 radical (unpaired) electrons. The Kier molecular flexibility index (Phi) is 4.73. The molecule has 0 fully saturated rings. The topological polar surface area (TPSA) is 81.0 Å². The van der Waals surface area contributed by atoms with Crippen molar-refractivity contribution in [2.75, 3.05) is 6.54 Å². The van der Waals surface area contributed by atoms with Gasteiger partial charge in [-0.2, -0.15) is 0 Å². The molecule has 0 spiro atoms. The lowest BCUT2D eigenvalue weighted by Gasteiger charge is -2.05. The smallest absolute Gasteiger partial charge is 0.269 e. The summed E-state index contributed by atoms with van der Waals surface area (Å²) in [6, 6.07) is 8.10. The molecule has 6 nitrogen and oxygen atoms in total. The molecule has 0 aliphatic carbocycles. The summed E-state index contributed by atoms with van der Waals surface area (Å²) in [5.74, 6) is 0.579. The fraction of sp³-hybridized carbons (Fsp3) is 0.286. The van der Waals surface area contributed by atoms with Gasteiger partial charge in [0.25, 0.3) is 5.69 Å². The molecule has 2 rings (SSSR count). The maximum absolute atomic E-state index is 10.6. The van der Waals surface area contributed by atoms with Crippen LogP contribution in [0.15, 0.2) is 36.5 Å². The summed E-state index contributed by atoms with van der Waals surface area (Å²) < 4.78 is 0. The van der Waals surface area contributed by atoms with Crippen LogP contribution in [0.5, 0.6) is 0 Å². The highest BCUT2D eigenvalue weighted by Crippen LogP contribution is 2.19. The van der Waals surface area contributed by atoms with E-state index in [4.69, 9.17) is 0 Å². The molecule has 20 heavy (non-hydrogen) atoms. The van der Waals surface area contributed by atoms with Crippen LogP contribution >= 0.6 is 0 Å². The van der Waals surface area contributed by atoms with Crippen molar-refractivity contribution in [1.82, 2.24) is 15.3 Å². The summed E-state index contributed by atoms with van der Waals surface area (Å²) in [6.45, 7) is 3.74. The highest BCUT2D eigenvalue weighted by atomic mass is 16.6. The Labute approximate surface area is 117 Å². The molecule has 0 amide bonds. The van der Waals surface area contributed by atoms with Crippen molar-refractivity contribution in [3.63, 3.8) is 0 Å². The van der Waals surface area contributed by atoms with Crippen molar-refractivity contribution < 1.29 is 4.92 Å². The number of aromatic nitrogens is 2. The third-order valence-corrected chi connectivity index (χ3v) is 2.78. The minimum atomic E-state index is -0.421. The van der Waals surface area contributed by atoms with Gasteiger partial charge in [0.2, 0.25) is 0 Å². The summed E-state index contributed by atoms with van der Waals surface area (Å²) in [4.78, 5) is 18.8. The van der Waals surface area contributed by atoms with Gasteiger partial charge in [-0.25, -0.2) is 9.97 Å². The molecule has 0 bridgehead atoms. The van der Waals surface area contributed by atoms with Gasteiger partial charge in [0.1, 0.15) is 0 Å². The van der Waals surface area contributed by atoms with Gasteiger partial charge < -0.3 is 5.32 Å². The molecular weight excluding hydrogens is 256 g/mol. The first-order chi connectivity index (χ1) is 9.70. The van der Waals surface area contributed by atoms with Gasteiger partial charge in [-0.1, -0.05) is 6.92 Å². The molecule has 1 heterocycles. The number of benzene rings is 1. The fourth-order valence-corrected chi connectivity index (χ4v) is 1.76. The molecule has 1 N–H and O–H groups in total. The molecule has 0 atom stereocenters. The molecule has 1 aromatic heterocycles. The standard InChI is InChI=1S/C14H16N4O2/c1-2-8-15-10-12-7-9-16-14(17-12)11-3-5-13(6-4-11)18(19)20/h3-7,9,15H,2,8,10H2,1H3. The second-order valence-corrected chi connectivity index (χ2v) is 4.35. The van der Waals surface area contributed by atoms with E-state index in [2.05, 4.69) is 22.2 Å². The van der Waals surface area contributed by atoms with Gasteiger partial charge in [0.15, 0.2) is 5.82 Å². The second-order valence-electron chi connectivity index (χ2n) is 4.35. The minimum absolute atomic E-state index is 0.0644. The van der Waals surface area contributed by atoms with Gasteiger partial charge in [-0.3, -0.25) is 10.1 Å². The van der Waals surface area contributed by atoms with Crippen molar-refractivity contribution in [2.45, 2.75) is 19.9 Å². The molecule has 2 aromatic rings. The Morgan fingerprint density at radius 3 is 2.65 bits per heavy atom. The van der Waals surface area contributed by atoms with Crippen LogP contribution < -0.4 is 5.32 Å². The lowest BCUT2D eigenvalue weighted by Crippen LogP contribution is -2.15. The molecule has 6 heteroatoms. The molecule has 104 valence electrons. The van der Waals surface area contributed by atoms with Crippen molar-refractivity contribution in [3.8, 4) is 11.4 Å². The Bertz CT molecular complexity index is 584. The third kappa shape index (κ3) is 3.58. The summed E-state index contributed by atoms with van der Waals surface area (Å²) >= 11 is 0. The fourth-order valence-electron chi connectivity index (χ4n) is 1.76. The SMILES string of the molecule is CCCNCc1ccnc(-c2ccc([N+](=O)[O-])cc2)n1. The summed E-state index contributed by atoms with van der Waals surface area (Å²) in [5, 5.41) is 13.9. The highest BCUT2D eigenvalue weighted by Gasteiger charge is 2.07. The van der Waals surface area contributed by atoms with Gasteiger partial charge in [-0.05, 0) is 31.2 Å². The number of hydrogen-bond donors (Lipinski definition) is 1. The van der Waals surface area contributed by atoms with Crippen LogP contribution in [0.3, 0.4) is 0 Å². The van der Waals surface area contributed by atoms with Crippen molar-refractivity contribution in [2.24, 2.45) is 0 Å². The molecular formula is C14H16N4O2.